The molecule has 1 aromatic carbocycles. The van der Waals surface area contributed by atoms with E-state index in [1.165, 1.54) is 0 Å². The van der Waals surface area contributed by atoms with Crippen molar-refractivity contribution in [2.45, 2.75) is 51.1 Å². The molecular weight excluding hydrogens is 300 g/mol. The molecule has 4 rings (SSSR count). The quantitative estimate of drug-likeness (QED) is 0.871. The first-order valence-corrected chi connectivity index (χ1v) is 9.06. The minimum atomic E-state index is 0.286. The van der Waals surface area contributed by atoms with E-state index in [2.05, 4.69) is 14.8 Å². The first kappa shape index (κ1) is 15.4. The van der Waals surface area contributed by atoms with Crippen molar-refractivity contribution >= 4 is 22.8 Å². The predicted molar refractivity (Wildman–Crippen MR) is 94.9 cm³/mol. The summed E-state index contributed by atoms with van der Waals surface area (Å²) in [7, 11) is 0. The molecule has 24 heavy (non-hydrogen) atoms. The minimum absolute atomic E-state index is 0.286. The number of anilines is 1. The van der Waals surface area contributed by atoms with Gasteiger partial charge in [0.05, 0.1) is 29.3 Å². The van der Waals surface area contributed by atoms with Crippen LogP contribution in [0.15, 0.2) is 30.5 Å². The summed E-state index contributed by atoms with van der Waals surface area (Å²) in [5.41, 5.74) is 1.87. The van der Waals surface area contributed by atoms with Gasteiger partial charge < -0.3 is 9.80 Å². The van der Waals surface area contributed by atoms with Crippen molar-refractivity contribution in [1.82, 2.24) is 14.9 Å². The summed E-state index contributed by atoms with van der Waals surface area (Å²) in [6.07, 6.45) is 7.00. The Bertz CT molecular complexity index is 747. The van der Waals surface area contributed by atoms with E-state index >= 15 is 0 Å². The number of carbonyl (C=O) groups is 1. The molecule has 0 bridgehead atoms. The van der Waals surface area contributed by atoms with Crippen LogP contribution in [-0.4, -0.2) is 45.9 Å². The van der Waals surface area contributed by atoms with E-state index in [9.17, 15) is 4.79 Å². The van der Waals surface area contributed by atoms with Gasteiger partial charge in [-0.2, -0.15) is 0 Å². The van der Waals surface area contributed by atoms with Crippen molar-refractivity contribution in [2.75, 3.05) is 18.0 Å². The molecule has 0 aliphatic carbocycles. The van der Waals surface area contributed by atoms with E-state index < -0.39 is 0 Å². The first-order chi connectivity index (χ1) is 11.8. The third-order valence-corrected chi connectivity index (χ3v) is 5.40. The van der Waals surface area contributed by atoms with Gasteiger partial charge in [-0.25, -0.2) is 4.98 Å². The standard InChI is InChI=1S/C19H24N4O/c1-2-19(24)23-12-6-10-17(23)16-9-5-11-22(16)18-13-20-14-7-3-4-8-15(14)21-18/h3-4,7-8,13,16-17H,2,5-6,9-12H2,1H3/t16-,17-/m1/s1. The number of fused-ring (bicyclic) bond motifs is 1. The highest BCUT2D eigenvalue weighted by molar-refractivity contribution is 5.77. The largest absolute Gasteiger partial charge is 0.350 e. The Kier molecular flexibility index (Phi) is 4.08. The lowest BCUT2D eigenvalue weighted by Gasteiger charge is -2.35. The molecule has 2 fully saturated rings. The second-order valence-corrected chi connectivity index (χ2v) is 6.77. The highest BCUT2D eigenvalue weighted by Gasteiger charge is 2.39. The first-order valence-electron chi connectivity index (χ1n) is 9.06. The second kappa shape index (κ2) is 6.38. The van der Waals surface area contributed by atoms with Crippen LogP contribution in [0.4, 0.5) is 5.82 Å². The van der Waals surface area contributed by atoms with Gasteiger partial charge in [0.25, 0.3) is 0 Å². The number of hydrogen-bond acceptors (Lipinski definition) is 4. The van der Waals surface area contributed by atoms with Crippen LogP contribution < -0.4 is 4.90 Å². The number of amides is 1. The molecule has 1 amide bonds. The van der Waals surface area contributed by atoms with Gasteiger partial charge in [-0.05, 0) is 37.8 Å². The van der Waals surface area contributed by atoms with E-state index in [1.807, 2.05) is 37.4 Å². The highest BCUT2D eigenvalue weighted by Crippen LogP contribution is 2.33. The molecule has 5 nitrogen and oxygen atoms in total. The summed E-state index contributed by atoms with van der Waals surface area (Å²) in [4.78, 5) is 26.2. The van der Waals surface area contributed by atoms with Gasteiger partial charge in [0, 0.05) is 19.5 Å². The number of para-hydroxylation sites is 2. The van der Waals surface area contributed by atoms with Gasteiger partial charge in [0.1, 0.15) is 5.82 Å². The molecule has 1 aromatic heterocycles. The molecule has 0 radical (unpaired) electrons. The number of benzene rings is 1. The van der Waals surface area contributed by atoms with E-state index in [0.717, 1.165) is 55.6 Å². The maximum Gasteiger partial charge on any atom is 0.222 e. The van der Waals surface area contributed by atoms with Crippen molar-refractivity contribution < 1.29 is 4.79 Å². The highest BCUT2D eigenvalue weighted by atomic mass is 16.2. The molecule has 2 saturated heterocycles. The van der Waals surface area contributed by atoms with Crippen molar-refractivity contribution in [2.24, 2.45) is 0 Å². The molecule has 2 aliphatic rings. The average Bonchev–Trinajstić information content (AvgIpc) is 3.29. The van der Waals surface area contributed by atoms with Gasteiger partial charge in [0.2, 0.25) is 5.91 Å². The Labute approximate surface area is 142 Å². The number of carbonyl (C=O) groups excluding carboxylic acids is 1. The zero-order chi connectivity index (χ0) is 16.5. The van der Waals surface area contributed by atoms with Gasteiger partial charge >= 0.3 is 0 Å². The van der Waals surface area contributed by atoms with Crippen LogP contribution >= 0.6 is 0 Å². The molecule has 3 heterocycles. The summed E-state index contributed by atoms with van der Waals surface area (Å²) >= 11 is 0. The SMILES string of the molecule is CCC(=O)N1CCC[C@@H]1[C@H]1CCCN1c1cnc2ccccc2n1. The normalized spacial score (nSPS) is 24.0. The fourth-order valence-electron chi connectivity index (χ4n) is 4.27. The zero-order valence-electron chi connectivity index (χ0n) is 14.2. The molecule has 2 aromatic rings. The number of hydrogen-bond donors (Lipinski definition) is 0. The maximum absolute atomic E-state index is 12.3. The van der Waals surface area contributed by atoms with Gasteiger partial charge in [-0.15, -0.1) is 0 Å². The third-order valence-electron chi connectivity index (χ3n) is 5.40. The van der Waals surface area contributed by atoms with E-state index in [4.69, 9.17) is 4.98 Å². The zero-order valence-corrected chi connectivity index (χ0v) is 14.2. The van der Waals surface area contributed by atoms with Crippen LogP contribution in [0.1, 0.15) is 39.0 Å². The van der Waals surface area contributed by atoms with Crippen LogP contribution in [0.2, 0.25) is 0 Å². The Morgan fingerprint density at radius 2 is 1.88 bits per heavy atom. The molecular formula is C19H24N4O. The number of nitrogens with zero attached hydrogens (tertiary/aromatic N) is 4. The smallest absolute Gasteiger partial charge is 0.222 e. The predicted octanol–water partition coefficient (Wildman–Crippen LogP) is 3.00. The molecule has 2 aliphatic heterocycles. The van der Waals surface area contributed by atoms with Gasteiger partial charge in [-0.1, -0.05) is 19.1 Å². The lowest BCUT2D eigenvalue weighted by molar-refractivity contribution is -0.132. The van der Waals surface area contributed by atoms with Crippen LogP contribution in [0.25, 0.3) is 11.0 Å². The fourth-order valence-corrected chi connectivity index (χ4v) is 4.27. The topological polar surface area (TPSA) is 49.3 Å². The van der Waals surface area contributed by atoms with E-state index in [1.54, 1.807) is 0 Å². The van der Waals surface area contributed by atoms with Gasteiger partial charge in [0.15, 0.2) is 0 Å². The molecule has 126 valence electrons. The molecule has 0 spiro atoms. The van der Waals surface area contributed by atoms with Crippen molar-refractivity contribution in [3.8, 4) is 0 Å². The molecule has 2 atom stereocenters. The fraction of sp³-hybridized carbons (Fsp3) is 0.526. The Balaban J connectivity index is 1.63. The Morgan fingerprint density at radius 1 is 1.12 bits per heavy atom. The van der Waals surface area contributed by atoms with Gasteiger partial charge in [-0.3, -0.25) is 9.78 Å². The van der Waals surface area contributed by atoms with Crippen LogP contribution in [-0.2, 0) is 4.79 Å². The molecule has 0 saturated carbocycles. The van der Waals surface area contributed by atoms with E-state index in [-0.39, 0.29) is 5.91 Å². The van der Waals surface area contributed by atoms with Crippen LogP contribution in [0.5, 0.6) is 0 Å². The summed E-state index contributed by atoms with van der Waals surface area (Å²) in [6.45, 7) is 3.87. The average molecular weight is 324 g/mol. The second-order valence-electron chi connectivity index (χ2n) is 6.77. The number of rotatable bonds is 3. The minimum Gasteiger partial charge on any atom is -0.350 e. The van der Waals surface area contributed by atoms with Crippen molar-refractivity contribution in [3.63, 3.8) is 0 Å². The third kappa shape index (κ3) is 2.62. The lowest BCUT2D eigenvalue weighted by Crippen LogP contribution is -2.48. The molecule has 0 unspecified atom stereocenters. The summed E-state index contributed by atoms with van der Waals surface area (Å²) < 4.78 is 0. The molecule has 0 N–H and O–H groups in total. The Hall–Kier alpha value is -2.17. The van der Waals surface area contributed by atoms with Crippen LogP contribution in [0.3, 0.4) is 0 Å². The van der Waals surface area contributed by atoms with E-state index in [0.29, 0.717) is 18.5 Å². The van der Waals surface area contributed by atoms with Crippen molar-refractivity contribution in [3.05, 3.63) is 30.5 Å². The molecule has 5 heteroatoms. The number of likely N-dealkylation sites (tertiary alicyclic amines) is 1. The monoisotopic (exact) mass is 324 g/mol. The summed E-state index contributed by atoms with van der Waals surface area (Å²) in [6, 6.07) is 8.70. The summed E-state index contributed by atoms with van der Waals surface area (Å²) in [5.74, 6) is 1.24. The summed E-state index contributed by atoms with van der Waals surface area (Å²) in [5, 5.41) is 0. The maximum atomic E-state index is 12.3. The Morgan fingerprint density at radius 3 is 2.71 bits per heavy atom. The van der Waals surface area contributed by atoms with Crippen LogP contribution in [0, 0.1) is 0 Å². The van der Waals surface area contributed by atoms with Crippen molar-refractivity contribution in [1.29, 1.82) is 0 Å². The lowest BCUT2D eigenvalue weighted by atomic mass is 10.0. The number of aromatic nitrogens is 2.